The first kappa shape index (κ1) is 17.6. The number of hydrogen-bond acceptors (Lipinski definition) is 4. The van der Waals surface area contributed by atoms with Crippen molar-refractivity contribution >= 4 is 22.7 Å². The van der Waals surface area contributed by atoms with Gasteiger partial charge in [0.1, 0.15) is 0 Å². The van der Waals surface area contributed by atoms with E-state index in [0.717, 1.165) is 5.56 Å². The second-order valence-electron chi connectivity index (χ2n) is 2.56. The van der Waals surface area contributed by atoms with Crippen LogP contribution in [-0.2, 0) is 19.7 Å². The number of aldehydes is 2. The van der Waals surface area contributed by atoms with Crippen molar-refractivity contribution in [2.24, 2.45) is 0 Å². The number of benzene rings is 1. The molecule has 0 aliphatic rings. The van der Waals surface area contributed by atoms with Crippen molar-refractivity contribution < 1.29 is 22.6 Å². The molecule has 0 heterocycles. The van der Waals surface area contributed by atoms with Crippen molar-refractivity contribution in [3.05, 3.63) is 43.0 Å². The quantitative estimate of drug-likeness (QED) is 0.375. The molecule has 5 nitrogen and oxygen atoms in total. The molecule has 94 valence electrons. The summed E-state index contributed by atoms with van der Waals surface area (Å²) < 4.78 is 29.6. The van der Waals surface area contributed by atoms with E-state index in [-0.39, 0.29) is 17.5 Å². The smallest absolute Gasteiger partial charge is 0.294 e. The van der Waals surface area contributed by atoms with E-state index in [1.807, 2.05) is 6.92 Å². The molecule has 0 radical (unpaired) electrons. The zero-order chi connectivity index (χ0) is 13.9. The van der Waals surface area contributed by atoms with Crippen LogP contribution in [0.3, 0.4) is 0 Å². The van der Waals surface area contributed by atoms with Crippen molar-refractivity contribution in [1.82, 2.24) is 0 Å². The normalized spacial score (nSPS) is 8.82. The van der Waals surface area contributed by atoms with Gasteiger partial charge in [0.2, 0.25) is 0 Å². The monoisotopic (exact) mass is 258 g/mol. The molecule has 0 saturated heterocycles. The molecule has 0 aliphatic heterocycles. The molecule has 0 aliphatic carbocycles. The van der Waals surface area contributed by atoms with Crippen LogP contribution in [-0.4, -0.2) is 25.5 Å². The summed E-state index contributed by atoms with van der Waals surface area (Å²) in [6, 6.07) is 5.99. The molecular formula is C11H14O5S. The van der Waals surface area contributed by atoms with E-state index >= 15 is 0 Å². The number of aryl methyl sites for hydroxylation is 1. The maximum Gasteiger partial charge on any atom is 0.294 e. The van der Waals surface area contributed by atoms with E-state index in [2.05, 4.69) is 13.2 Å². The highest BCUT2D eigenvalue weighted by molar-refractivity contribution is 7.85. The number of hydrogen-bond donors (Lipinski definition) is 1. The van der Waals surface area contributed by atoms with E-state index in [1.54, 1.807) is 12.1 Å². The third-order valence-electron chi connectivity index (χ3n) is 1.37. The minimum absolute atomic E-state index is 0.0666. The van der Waals surface area contributed by atoms with Crippen LogP contribution in [0, 0.1) is 6.92 Å². The Kier molecular flexibility index (Phi) is 9.77. The summed E-state index contributed by atoms with van der Waals surface area (Å²) in [6.07, 6.45) is 0.389. The molecule has 0 bridgehead atoms. The van der Waals surface area contributed by atoms with E-state index < -0.39 is 10.1 Å². The van der Waals surface area contributed by atoms with E-state index in [9.17, 15) is 8.42 Å². The maximum absolute atomic E-state index is 10.5. The van der Waals surface area contributed by atoms with Crippen molar-refractivity contribution in [3.63, 3.8) is 0 Å². The Labute approximate surface area is 101 Å². The molecule has 1 rings (SSSR count). The highest BCUT2D eigenvalue weighted by atomic mass is 32.2. The third kappa shape index (κ3) is 9.16. The van der Waals surface area contributed by atoms with Gasteiger partial charge in [-0.3, -0.25) is 14.1 Å². The summed E-state index contributed by atoms with van der Waals surface area (Å²) in [6.45, 7) is 7.84. The van der Waals surface area contributed by atoms with Crippen LogP contribution in [0.15, 0.2) is 42.3 Å². The topological polar surface area (TPSA) is 88.5 Å². The SMILES string of the molecule is C=C.Cc1ccc(S(=O)(=O)O)cc1.O=CC=O. The lowest BCUT2D eigenvalue weighted by Gasteiger charge is -1.95. The van der Waals surface area contributed by atoms with Crippen LogP contribution in [0.5, 0.6) is 0 Å². The Morgan fingerprint density at radius 1 is 1.06 bits per heavy atom. The van der Waals surface area contributed by atoms with Crippen LogP contribution in [0.25, 0.3) is 0 Å². The van der Waals surface area contributed by atoms with Crippen molar-refractivity contribution in [2.75, 3.05) is 0 Å². The molecule has 0 unspecified atom stereocenters. The lowest BCUT2D eigenvalue weighted by Crippen LogP contribution is -1.96. The Morgan fingerprint density at radius 2 is 1.41 bits per heavy atom. The molecule has 1 aromatic carbocycles. The van der Waals surface area contributed by atoms with Gasteiger partial charge in [-0.2, -0.15) is 8.42 Å². The minimum atomic E-state index is -4.02. The molecule has 0 spiro atoms. The lowest BCUT2D eigenvalue weighted by atomic mass is 10.2. The Balaban J connectivity index is 0. The largest absolute Gasteiger partial charge is 0.295 e. The van der Waals surface area contributed by atoms with Gasteiger partial charge in [-0.25, -0.2) is 0 Å². The predicted octanol–water partition coefficient (Wildman–Crippen LogP) is 1.43. The average molecular weight is 258 g/mol. The number of carbonyl (C=O) groups excluding carboxylic acids is 2. The van der Waals surface area contributed by atoms with E-state index in [4.69, 9.17) is 14.1 Å². The highest BCUT2D eigenvalue weighted by Crippen LogP contribution is 2.08. The molecule has 6 heteroatoms. The molecule has 0 saturated carbocycles. The fraction of sp³-hybridized carbons (Fsp3) is 0.0909. The predicted molar refractivity (Wildman–Crippen MR) is 64.4 cm³/mol. The molecule has 1 aromatic rings. The standard InChI is InChI=1S/C7H8O3S.C2H2O2.C2H4/c1-6-2-4-7(5-3-6)11(8,9)10;3-1-2-4;1-2/h2-5H,1H3,(H,8,9,10);1-2H;1-2H2. The van der Waals surface area contributed by atoms with Crippen LogP contribution in [0.2, 0.25) is 0 Å². The number of rotatable bonds is 2. The third-order valence-corrected chi connectivity index (χ3v) is 2.24. The fourth-order valence-corrected chi connectivity index (χ4v) is 1.19. The van der Waals surface area contributed by atoms with Crippen LogP contribution in [0.1, 0.15) is 5.56 Å². The Morgan fingerprint density at radius 3 is 1.65 bits per heavy atom. The molecule has 17 heavy (non-hydrogen) atoms. The van der Waals surface area contributed by atoms with Gasteiger partial charge in [-0.05, 0) is 19.1 Å². The highest BCUT2D eigenvalue weighted by Gasteiger charge is 2.06. The van der Waals surface area contributed by atoms with Gasteiger partial charge in [0.25, 0.3) is 10.1 Å². The molecule has 1 N–H and O–H groups in total. The van der Waals surface area contributed by atoms with Crippen molar-refractivity contribution in [1.29, 1.82) is 0 Å². The van der Waals surface area contributed by atoms with Crippen molar-refractivity contribution in [2.45, 2.75) is 11.8 Å². The Bertz CT molecular complexity index is 427. The molecular weight excluding hydrogens is 244 g/mol. The summed E-state index contributed by atoms with van der Waals surface area (Å²) in [5, 5.41) is 0. The molecule has 0 atom stereocenters. The molecule has 0 amide bonds. The van der Waals surface area contributed by atoms with Gasteiger partial charge < -0.3 is 0 Å². The molecule has 0 fully saturated rings. The zero-order valence-corrected chi connectivity index (χ0v) is 10.2. The summed E-state index contributed by atoms with van der Waals surface area (Å²) in [5.41, 5.74) is 0.956. The van der Waals surface area contributed by atoms with Gasteiger partial charge >= 0.3 is 0 Å². The van der Waals surface area contributed by atoms with E-state index in [0.29, 0.717) is 0 Å². The van der Waals surface area contributed by atoms with Crippen LogP contribution >= 0.6 is 0 Å². The summed E-state index contributed by atoms with van der Waals surface area (Å²) >= 11 is 0. The minimum Gasteiger partial charge on any atom is -0.295 e. The number of carbonyl (C=O) groups is 2. The second-order valence-corrected chi connectivity index (χ2v) is 3.98. The zero-order valence-electron chi connectivity index (χ0n) is 9.37. The van der Waals surface area contributed by atoms with Gasteiger partial charge in [-0.1, -0.05) is 17.7 Å². The van der Waals surface area contributed by atoms with Gasteiger partial charge in [0, 0.05) is 0 Å². The lowest BCUT2D eigenvalue weighted by molar-refractivity contribution is -0.122. The second kappa shape index (κ2) is 9.44. The van der Waals surface area contributed by atoms with Crippen LogP contribution < -0.4 is 0 Å². The first-order valence-electron chi connectivity index (χ1n) is 4.35. The summed E-state index contributed by atoms with van der Waals surface area (Å²) in [5.74, 6) is 0. The van der Waals surface area contributed by atoms with Gasteiger partial charge in [-0.15, -0.1) is 13.2 Å². The van der Waals surface area contributed by atoms with Gasteiger partial charge in [0.05, 0.1) is 4.90 Å². The summed E-state index contributed by atoms with van der Waals surface area (Å²) in [7, 11) is -4.02. The van der Waals surface area contributed by atoms with Gasteiger partial charge in [0.15, 0.2) is 12.6 Å². The average Bonchev–Trinajstić information content (AvgIpc) is 2.31. The van der Waals surface area contributed by atoms with Crippen LogP contribution in [0.4, 0.5) is 0 Å². The maximum atomic E-state index is 10.5. The van der Waals surface area contributed by atoms with E-state index in [1.165, 1.54) is 12.1 Å². The first-order chi connectivity index (χ1) is 7.91. The fourth-order valence-electron chi connectivity index (χ4n) is 0.710. The Hall–Kier alpha value is -1.79. The summed E-state index contributed by atoms with van der Waals surface area (Å²) in [4.78, 5) is 17.5. The first-order valence-corrected chi connectivity index (χ1v) is 5.79. The van der Waals surface area contributed by atoms with Crippen molar-refractivity contribution in [3.8, 4) is 0 Å². The molecule has 0 aromatic heterocycles.